The molecule has 1 aliphatic heterocycles. The first kappa shape index (κ1) is 13.8. The van der Waals surface area contributed by atoms with Gasteiger partial charge in [-0.1, -0.05) is 26.0 Å². The van der Waals surface area contributed by atoms with Crippen LogP contribution in [0, 0.1) is 5.92 Å². The zero-order valence-corrected chi connectivity index (χ0v) is 12.5. The number of aromatic hydroxyl groups is 1. The van der Waals surface area contributed by atoms with Crippen LogP contribution in [0.25, 0.3) is 0 Å². The van der Waals surface area contributed by atoms with Crippen LogP contribution in [0.15, 0.2) is 42.5 Å². The molecule has 0 fully saturated rings. The summed E-state index contributed by atoms with van der Waals surface area (Å²) in [7, 11) is 1.67. The lowest BCUT2D eigenvalue weighted by atomic mass is 9.80. The normalized spacial score (nSPS) is 24.0. The van der Waals surface area contributed by atoms with Gasteiger partial charge in [0, 0.05) is 11.5 Å². The van der Waals surface area contributed by atoms with Crippen molar-refractivity contribution in [3.63, 3.8) is 0 Å². The van der Waals surface area contributed by atoms with Gasteiger partial charge in [-0.25, -0.2) is 0 Å². The van der Waals surface area contributed by atoms with E-state index in [2.05, 4.69) is 26.0 Å². The van der Waals surface area contributed by atoms with Crippen molar-refractivity contribution in [1.29, 1.82) is 0 Å². The first-order valence-electron chi connectivity index (χ1n) is 7.23. The van der Waals surface area contributed by atoms with Gasteiger partial charge in [0.05, 0.1) is 7.11 Å². The number of rotatable bonds is 2. The fraction of sp³-hybridized carbons (Fsp3) is 0.333. The highest BCUT2D eigenvalue weighted by atomic mass is 16.5. The smallest absolute Gasteiger partial charge is 0.127 e. The molecule has 21 heavy (non-hydrogen) atoms. The van der Waals surface area contributed by atoms with Gasteiger partial charge in [-0.3, -0.25) is 0 Å². The largest absolute Gasteiger partial charge is 0.508 e. The molecule has 3 nitrogen and oxygen atoms in total. The molecule has 0 aromatic heterocycles. The first-order chi connectivity index (χ1) is 10.1. The summed E-state index contributed by atoms with van der Waals surface area (Å²) in [6, 6.07) is 13.4. The van der Waals surface area contributed by atoms with Crippen LogP contribution in [0.5, 0.6) is 17.2 Å². The summed E-state index contributed by atoms with van der Waals surface area (Å²) in [6.07, 6.45) is 0.0166. The van der Waals surface area contributed by atoms with E-state index in [1.807, 2.05) is 18.2 Å². The van der Waals surface area contributed by atoms with Crippen LogP contribution in [0.3, 0.4) is 0 Å². The Morgan fingerprint density at radius 2 is 1.76 bits per heavy atom. The Hall–Kier alpha value is -2.16. The van der Waals surface area contributed by atoms with Crippen molar-refractivity contribution in [2.75, 3.05) is 7.11 Å². The Kier molecular flexibility index (Phi) is 3.50. The fourth-order valence-corrected chi connectivity index (χ4v) is 2.95. The second-order valence-corrected chi connectivity index (χ2v) is 5.68. The third-order valence-corrected chi connectivity index (χ3v) is 4.45. The third-order valence-electron chi connectivity index (χ3n) is 4.45. The summed E-state index contributed by atoms with van der Waals surface area (Å²) in [5.41, 5.74) is 2.22. The average molecular weight is 284 g/mol. The summed E-state index contributed by atoms with van der Waals surface area (Å²) < 4.78 is 11.4. The highest BCUT2D eigenvalue weighted by Gasteiger charge is 2.33. The van der Waals surface area contributed by atoms with Crippen molar-refractivity contribution in [1.82, 2.24) is 0 Å². The Morgan fingerprint density at radius 3 is 2.43 bits per heavy atom. The maximum absolute atomic E-state index is 9.66. The number of fused-ring (bicyclic) bond motifs is 1. The molecule has 1 N–H and O–H groups in total. The van der Waals surface area contributed by atoms with Gasteiger partial charge in [-0.2, -0.15) is 0 Å². The molecule has 3 atom stereocenters. The quantitative estimate of drug-likeness (QED) is 0.894. The summed E-state index contributed by atoms with van der Waals surface area (Å²) in [4.78, 5) is 0. The zero-order valence-electron chi connectivity index (χ0n) is 12.5. The van der Waals surface area contributed by atoms with Crippen LogP contribution in [0.2, 0.25) is 0 Å². The molecule has 0 bridgehead atoms. The minimum atomic E-state index is 0.0166. The fourth-order valence-electron chi connectivity index (χ4n) is 2.95. The number of ether oxygens (including phenoxy) is 2. The van der Waals surface area contributed by atoms with E-state index in [-0.39, 0.29) is 6.10 Å². The predicted molar refractivity (Wildman–Crippen MR) is 82.0 cm³/mol. The van der Waals surface area contributed by atoms with Gasteiger partial charge in [0.25, 0.3) is 0 Å². The van der Waals surface area contributed by atoms with Gasteiger partial charge < -0.3 is 14.6 Å². The molecule has 0 amide bonds. The minimum absolute atomic E-state index is 0.0166. The molecule has 2 aromatic carbocycles. The Morgan fingerprint density at radius 1 is 1.05 bits per heavy atom. The van der Waals surface area contributed by atoms with Gasteiger partial charge in [0.15, 0.2) is 0 Å². The van der Waals surface area contributed by atoms with Crippen LogP contribution >= 0.6 is 0 Å². The van der Waals surface area contributed by atoms with E-state index >= 15 is 0 Å². The summed E-state index contributed by atoms with van der Waals surface area (Å²) in [5, 5.41) is 9.66. The molecular formula is C18H20O3. The van der Waals surface area contributed by atoms with Crippen molar-refractivity contribution < 1.29 is 14.6 Å². The van der Waals surface area contributed by atoms with Gasteiger partial charge in [0.1, 0.15) is 23.4 Å². The topological polar surface area (TPSA) is 38.7 Å². The van der Waals surface area contributed by atoms with Gasteiger partial charge in [0.2, 0.25) is 0 Å². The first-order valence-corrected chi connectivity index (χ1v) is 7.23. The Labute approximate surface area is 125 Å². The second-order valence-electron chi connectivity index (χ2n) is 5.68. The number of phenolic OH excluding ortho intramolecular Hbond substituents is 1. The standard InChI is InChI=1S/C18H20O3/c1-11-12(2)18(13-4-7-15(20-3)8-5-13)21-17-9-6-14(19)10-16(11)17/h4-12,18-19H,1-3H3/t11-,12+,18?/m1/s1. The van der Waals surface area contributed by atoms with Crippen molar-refractivity contribution in [2.45, 2.75) is 25.9 Å². The van der Waals surface area contributed by atoms with Gasteiger partial charge in [-0.05, 0) is 41.8 Å². The average Bonchev–Trinajstić information content (AvgIpc) is 2.51. The molecule has 3 heteroatoms. The number of hydrogen-bond acceptors (Lipinski definition) is 3. The number of hydrogen-bond donors (Lipinski definition) is 1. The molecule has 2 aromatic rings. The van der Waals surface area contributed by atoms with Gasteiger partial charge >= 0.3 is 0 Å². The van der Waals surface area contributed by atoms with E-state index < -0.39 is 0 Å². The van der Waals surface area contributed by atoms with Crippen molar-refractivity contribution in [3.05, 3.63) is 53.6 Å². The summed E-state index contributed by atoms with van der Waals surface area (Å²) in [6.45, 7) is 4.37. The molecule has 0 radical (unpaired) electrons. The maximum atomic E-state index is 9.66. The van der Waals surface area contributed by atoms with E-state index in [1.54, 1.807) is 19.2 Å². The molecule has 0 saturated carbocycles. The number of benzene rings is 2. The SMILES string of the molecule is COc1ccc(C2Oc3ccc(O)cc3[C@H](C)[C@@H]2C)cc1. The van der Waals surface area contributed by atoms with Crippen LogP contribution in [0.1, 0.15) is 37.0 Å². The minimum Gasteiger partial charge on any atom is -0.508 e. The predicted octanol–water partition coefficient (Wildman–Crippen LogP) is 4.27. The van der Waals surface area contributed by atoms with E-state index in [0.29, 0.717) is 17.6 Å². The molecule has 110 valence electrons. The van der Waals surface area contributed by atoms with E-state index in [9.17, 15) is 5.11 Å². The Bertz CT molecular complexity index is 633. The lowest BCUT2D eigenvalue weighted by Gasteiger charge is -2.36. The summed E-state index contributed by atoms with van der Waals surface area (Å²) >= 11 is 0. The lowest BCUT2D eigenvalue weighted by molar-refractivity contribution is 0.106. The molecule has 3 rings (SSSR count). The lowest BCUT2D eigenvalue weighted by Crippen LogP contribution is -2.26. The van der Waals surface area contributed by atoms with Crippen molar-refractivity contribution in [2.24, 2.45) is 5.92 Å². The van der Waals surface area contributed by atoms with E-state index in [4.69, 9.17) is 9.47 Å². The van der Waals surface area contributed by atoms with E-state index in [0.717, 1.165) is 22.6 Å². The molecule has 1 heterocycles. The van der Waals surface area contributed by atoms with Crippen molar-refractivity contribution >= 4 is 0 Å². The summed E-state index contributed by atoms with van der Waals surface area (Å²) in [5.74, 6) is 2.65. The number of methoxy groups -OCH3 is 1. The van der Waals surface area contributed by atoms with Crippen LogP contribution in [0.4, 0.5) is 0 Å². The molecule has 0 saturated heterocycles. The van der Waals surface area contributed by atoms with Gasteiger partial charge in [-0.15, -0.1) is 0 Å². The van der Waals surface area contributed by atoms with Crippen molar-refractivity contribution in [3.8, 4) is 17.2 Å². The molecule has 0 spiro atoms. The highest BCUT2D eigenvalue weighted by Crippen LogP contribution is 2.46. The Balaban J connectivity index is 1.95. The molecule has 1 aliphatic rings. The molecule has 1 unspecified atom stereocenters. The third kappa shape index (κ3) is 2.44. The zero-order chi connectivity index (χ0) is 15.0. The van der Waals surface area contributed by atoms with E-state index in [1.165, 1.54) is 0 Å². The highest BCUT2D eigenvalue weighted by molar-refractivity contribution is 5.44. The monoisotopic (exact) mass is 284 g/mol. The second kappa shape index (κ2) is 5.32. The van der Waals surface area contributed by atoms with Crippen LogP contribution in [-0.2, 0) is 0 Å². The maximum Gasteiger partial charge on any atom is 0.127 e. The molecular weight excluding hydrogens is 264 g/mol. The van der Waals surface area contributed by atoms with Crippen LogP contribution < -0.4 is 9.47 Å². The number of phenols is 1. The van der Waals surface area contributed by atoms with Crippen LogP contribution in [-0.4, -0.2) is 12.2 Å². The molecule has 0 aliphatic carbocycles.